The fraction of sp³-hybridized carbons (Fsp3) is 0.611. The first kappa shape index (κ1) is 16.0. The molecule has 1 amide bonds. The SMILES string of the molecule is CCCCc1ccc(CC(=O)N2CC(O)(CCC)C2)cc1. The van der Waals surface area contributed by atoms with E-state index in [0.29, 0.717) is 19.5 Å². The van der Waals surface area contributed by atoms with Gasteiger partial charge in [0, 0.05) is 0 Å². The van der Waals surface area contributed by atoms with Crippen molar-refractivity contribution in [3.05, 3.63) is 35.4 Å². The lowest BCUT2D eigenvalue weighted by Gasteiger charge is -2.46. The van der Waals surface area contributed by atoms with Crippen LogP contribution in [-0.2, 0) is 17.6 Å². The molecule has 21 heavy (non-hydrogen) atoms. The summed E-state index contributed by atoms with van der Waals surface area (Å²) in [7, 11) is 0. The van der Waals surface area contributed by atoms with E-state index in [1.165, 1.54) is 18.4 Å². The second-order valence-electron chi connectivity index (χ2n) is 6.32. The lowest BCUT2D eigenvalue weighted by molar-refractivity contribution is -0.155. The van der Waals surface area contributed by atoms with E-state index in [2.05, 4.69) is 38.1 Å². The summed E-state index contributed by atoms with van der Waals surface area (Å²) >= 11 is 0. The molecular weight excluding hydrogens is 262 g/mol. The molecule has 2 rings (SSSR count). The molecule has 0 atom stereocenters. The van der Waals surface area contributed by atoms with Crippen LogP contribution in [0.1, 0.15) is 50.7 Å². The minimum absolute atomic E-state index is 0.122. The molecule has 116 valence electrons. The van der Waals surface area contributed by atoms with Crippen LogP contribution in [0.3, 0.4) is 0 Å². The number of hydrogen-bond acceptors (Lipinski definition) is 2. The highest BCUT2D eigenvalue weighted by atomic mass is 16.3. The normalized spacial score (nSPS) is 16.6. The Morgan fingerprint density at radius 3 is 2.33 bits per heavy atom. The zero-order valence-corrected chi connectivity index (χ0v) is 13.3. The van der Waals surface area contributed by atoms with Crippen LogP contribution in [0, 0.1) is 0 Å². The summed E-state index contributed by atoms with van der Waals surface area (Å²) in [4.78, 5) is 13.9. The highest BCUT2D eigenvalue weighted by molar-refractivity contribution is 5.79. The van der Waals surface area contributed by atoms with E-state index >= 15 is 0 Å². The van der Waals surface area contributed by atoms with Gasteiger partial charge in [-0.15, -0.1) is 0 Å². The number of hydrogen-bond donors (Lipinski definition) is 1. The summed E-state index contributed by atoms with van der Waals surface area (Å²) in [5, 5.41) is 10.1. The minimum Gasteiger partial charge on any atom is -0.386 e. The van der Waals surface area contributed by atoms with Crippen molar-refractivity contribution < 1.29 is 9.90 Å². The zero-order chi connectivity index (χ0) is 15.3. The third-order valence-electron chi connectivity index (χ3n) is 4.24. The zero-order valence-electron chi connectivity index (χ0n) is 13.3. The second kappa shape index (κ2) is 7.08. The number of unbranched alkanes of at least 4 members (excludes halogenated alkanes) is 1. The van der Waals surface area contributed by atoms with Gasteiger partial charge in [0.05, 0.1) is 25.1 Å². The van der Waals surface area contributed by atoms with Crippen molar-refractivity contribution in [2.24, 2.45) is 0 Å². The predicted molar refractivity (Wildman–Crippen MR) is 85.2 cm³/mol. The maximum absolute atomic E-state index is 12.2. The van der Waals surface area contributed by atoms with Crippen LogP contribution < -0.4 is 0 Å². The Morgan fingerprint density at radius 1 is 1.14 bits per heavy atom. The number of β-amino-alcohol motifs (C(OH)–C–C–N with tert-alkyl or cyclic N) is 1. The molecule has 3 heteroatoms. The number of carbonyl (C=O) groups excluding carboxylic acids is 1. The number of benzene rings is 1. The fourth-order valence-electron chi connectivity index (χ4n) is 2.96. The molecule has 3 nitrogen and oxygen atoms in total. The van der Waals surface area contributed by atoms with E-state index in [1.807, 2.05) is 0 Å². The van der Waals surface area contributed by atoms with Gasteiger partial charge in [-0.2, -0.15) is 0 Å². The van der Waals surface area contributed by atoms with Crippen molar-refractivity contribution in [2.45, 2.75) is 58.0 Å². The average molecular weight is 289 g/mol. The van der Waals surface area contributed by atoms with Crippen molar-refractivity contribution in [2.75, 3.05) is 13.1 Å². The molecule has 1 saturated heterocycles. The van der Waals surface area contributed by atoms with Crippen molar-refractivity contribution in [3.8, 4) is 0 Å². The van der Waals surface area contributed by atoms with Gasteiger partial charge in [0.25, 0.3) is 0 Å². The summed E-state index contributed by atoms with van der Waals surface area (Å²) in [6.07, 6.45) is 5.70. The van der Waals surface area contributed by atoms with Crippen LogP contribution in [0.25, 0.3) is 0 Å². The molecule has 0 saturated carbocycles. The second-order valence-corrected chi connectivity index (χ2v) is 6.32. The molecule has 0 aromatic heterocycles. The predicted octanol–water partition coefficient (Wildman–Crippen LogP) is 2.95. The van der Waals surface area contributed by atoms with Crippen molar-refractivity contribution in [3.63, 3.8) is 0 Å². The first-order valence-electron chi connectivity index (χ1n) is 8.14. The van der Waals surface area contributed by atoms with Gasteiger partial charge in [-0.25, -0.2) is 0 Å². The highest BCUT2D eigenvalue weighted by Gasteiger charge is 2.42. The Labute approximate surface area is 128 Å². The van der Waals surface area contributed by atoms with E-state index in [-0.39, 0.29) is 5.91 Å². The number of nitrogens with zero attached hydrogens (tertiary/aromatic N) is 1. The van der Waals surface area contributed by atoms with Crippen LogP contribution in [-0.4, -0.2) is 34.6 Å². The quantitative estimate of drug-likeness (QED) is 0.838. The number of aliphatic hydroxyl groups is 1. The smallest absolute Gasteiger partial charge is 0.227 e. The first-order chi connectivity index (χ1) is 10.1. The van der Waals surface area contributed by atoms with Gasteiger partial charge in [-0.05, 0) is 30.4 Å². The van der Waals surface area contributed by atoms with E-state index in [0.717, 1.165) is 24.8 Å². The number of carbonyl (C=O) groups is 1. The van der Waals surface area contributed by atoms with Crippen molar-refractivity contribution >= 4 is 5.91 Å². The molecule has 0 radical (unpaired) electrons. The molecular formula is C18H27NO2. The van der Waals surface area contributed by atoms with Gasteiger partial charge in [-0.1, -0.05) is 51.0 Å². The Kier molecular flexibility index (Phi) is 5.40. The van der Waals surface area contributed by atoms with E-state index in [4.69, 9.17) is 0 Å². The topological polar surface area (TPSA) is 40.5 Å². The summed E-state index contributed by atoms with van der Waals surface area (Å²) in [6.45, 7) is 5.24. The molecule has 1 aliphatic rings. The minimum atomic E-state index is -0.631. The number of rotatable bonds is 7. The Bertz CT molecular complexity index is 461. The maximum Gasteiger partial charge on any atom is 0.227 e. The molecule has 0 spiro atoms. The van der Waals surface area contributed by atoms with Gasteiger partial charge in [0.1, 0.15) is 0 Å². The van der Waals surface area contributed by atoms with E-state index < -0.39 is 5.60 Å². The lowest BCUT2D eigenvalue weighted by Crippen LogP contribution is -2.63. The number of likely N-dealkylation sites (tertiary alicyclic amines) is 1. The molecule has 1 aromatic rings. The summed E-state index contributed by atoms with van der Waals surface area (Å²) in [5.74, 6) is 0.122. The van der Waals surface area contributed by atoms with Crippen LogP contribution in [0.15, 0.2) is 24.3 Å². The largest absolute Gasteiger partial charge is 0.386 e. The first-order valence-corrected chi connectivity index (χ1v) is 8.14. The van der Waals surface area contributed by atoms with Crippen LogP contribution in [0.2, 0.25) is 0 Å². The molecule has 1 fully saturated rings. The molecule has 1 heterocycles. The highest BCUT2D eigenvalue weighted by Crippen LogP contribution is 2.26. The van der Waals surface area contributed by atoms with Gasteiger partial charge in [0.15, 0.2) is 0 Å². The van der Waals surface area contributed by atoms with E-state index in [1.54, 1.807) is 4.90 Å². The van der Waals surface area contributed by atoms with Crippen LogP contribution in [0.5, 0.6) is 0 Å². The third kappa shape index (κ3) is 4.31. The molecule has 0 aliphatic carbocycles. The molecule has 0 bridgehead atoms. The molecule has 0 unspecified atom stereocenters. The average Bonchev–Trinajstić information content (AvgIpc) is 2.44. The number of amides is 1. The number of aryl methyl sites for hydroxylation is 1. The van der Waals surface area contributed by atoms with Gasteiger partial charge in [0.2, 0.25) is 5.91 Å². The maximum atomic E-state index is 12.2. The van der Waals surface area contributed by atoms with Crippen molar-refractivity contribution in [1.29, 1.82) is 0 Å². The summed E-state index contributed by atoms with van der Waals surface area (Å²) < 4.78 is 0. The fourth-order valence-corrected chi connectivity index (χ4v) is 2.96. The van der Waals surface area contributed by atoms with Gasteiger partial charge >= 0.3 is 0 Å². The Morgan fingerprint density at radius 2 is 1.76 bits per heavy atom. The summed E-state index contributed by atoms with van der Waals surface area (Å²) in [6, 6.07) is 8.37. The van der Waals surface area contributed by atoms with Crippen LogP contribution >= 0.6 is 0 Å². The van der Waals surface area contributed by atoms with Gasteiger partial charge < -0.3 is 10.0 Å². The third-order valence-corrected chi connectivity index (χ3v) is 4.24. The molecule has 1 aromatic carbocycles. The monoisotopic (exact) mass is 289 g/mol. The van der Waals surface area contributed by atoms with Crippen LogP contribution in [0.4, 0.5) is 0 Å². The van der Waals surface area contributed by atoms with Crippen molar-refractivity contribution in [1.82, 2.24) is 4.90 Å². The molecule has 1 aliphatic heterocycles. The van der Waals surface area contributed by atoms with E-state index in [9.17, 15) is 9.90 Å². The van der Waals surface area contributed by atoms with Gasteiger partial charge in [-0.3, -0.25) is 4.79 Å². The lowest BCUT2D eigenvalue weighted by atomic mass is 9.89. The Balaban J connectivity index is 1.81. The molecule has 1 N–H and O–H groups in total. The summed E-state index contributed by atoms with van der Waals surface area (Å²) in [5.41, 5.74) is 1.77. The Hall–Kier alpha value is -1.35. The standard InChI is InChI=1S/C18H27NO2/c1-3-5-6-15-7-9-16(10-8-15)12-17(20)19-13-18(21,14-19)11-4-2/h7-10,21H,3-6,11-14H2,1-2H3.